The minimum Gasteiger partial charge on any atom is -0.310 e. The van der Waals surface area contributed by atoms with Gasteiger partial charge in [-0.2, -0.15) is 0 Å². The number of nitrogens with zero attached hydrogens (tertiary/aromatic N) is 2. The topological polar surface area (TPSA) is 76.7 Å². The van der Waals surface area contributed by atoms with Gasteiger partial charge in [-0.1, -0.05) is 30.3 Å². The van der Waals surface area contributed by atoms with Gasteiger partial charge in [0.1, 0.15) is 12.2 Å². The monoisotopic (exact) mass is 303 g/mol. The molecule has 2 aliphatic heterocycles. The number of hydrogen-bond acceptors (Lipinski definition) is 5. The van der Waals surface area contributed by atoms with Crippen molar-refractivity contribution in [3.63, 3.8) is 0 Å². The zero-order chi connectivity index (χ0) is 15.7. The van der Waals surface area contributed by atoms with E-state index in [1.165, 1.54) is 10.5 Å². The van der Waals surface area contributed by atoms with Gasteiger partial charge in [0, 0.05) is 20.1 Å². The molecule has 3 atom stereocenters. The number of hydrogen-bond donors (Lipinski definition) is 3. The van der Waals surface area contributed by atoms with Crippen LogP contribution in [-0.4, -0.2) is 60.8 Å². The predicted octanol–water partition coefficient (Wildman–Crippen LogP) is -0.486. The van der Waals surface area contributed by atoms with Crippen LogP contribution in [0.3, 0.4) is 0 Å². The van der Waals surface area contributed by atoms with Gasteiger partial charge in [0.25, 0.3) is 0 Å². The van der Waals surface area contributed by atoms with E-state index < -0.39 is 6.04 Å². The predicted molar refractivity (Wildman–Crippen MR) is 81.7 cm³/mol. The van der Waals surface area contributed by atoms with Gasteiger partial charge in [0.15, 0.2) is 0 Å². The standard InChI is InChI=1S/C15H21N5O2/c1-19(8-10-6-4-3-5-7-10)9-11-16-12-13(17-11)20(2)15(22)18-14(12)21/h3-7,11-13,16-17H,8-9H2,1-2H3,(H,18,21,22). The lowest BCUT2D eigenvalue weighted by Crippen LogP contribution is -2.64. The Balaban J connectivity index is 1.58. The molecule has 3 unspecified atom stereocenters. The average Bonchev–Trinajstić information content (AvgIpc) is 2.90. The summed E-state index contributed by atoms with van der Waals surface area (Å²) in [5, 5.41) is 8.91. The normalized spacial score (nSPS) is 28.0. The lowest BCUT2D eigenvalue weighted by Gasteiger charge is -2.32. The van der Waals surface area contributed by atoms with Crippen LogP contribution in [0.5, 0.6) is 0 Å². The SMILES string of the molecule is CN(Cc1ccccc1)CC1NC2C(=O)NC(=O)N(C)C2N1. The van der Waals surface area contributed by atoms with Crippen LogP contribution in [0.4, 0.5) is 4.79 Å². The van der Waals surface area contributed by atoms with Crippen molar-refractivity contribution in [2.75, 3.05) is 20.6 Å². The largest absolute Gasteiger partial charge is 0.325 e. The molecular formula is C15H21N5O2. The number of amides is 3. The molecule has 2 saturated heterocycles. The molecule has 7 heteroatoms. The second-order valence-electron chi connectivity index (χ2n) is 5.90. The molecule has 2 heterocycles. The zero-order valence-electron chi connectivity index (χ0n) is 12.7. The number of likely N-dealkylation sites (N-methyl/N-ethyl adjacent to an activating group) is 2. The molecule has 0 bridgehead atoms. The van der Waals surface area contributed by atoms with Crippen molar-refractivity contribution in [2.45, 2.75) is 24.9 Å². The first-order valence-electron chi connectivity index (χ1n) is 7.37. The van der Waals surface area contributed by atoms with E-state index in [0.717, 1.165) is 13.1 Å². The van der Waals surface area contributed by atoms with E-state index in [1.54, 1.807) is 7.05 Å². The van der Waals surface area contributed by atoms with E-state index in [4.69, 9.17) is 0 Å². The van der Waals surface area contributed by atoms with Gasteiger partial charge in [-0.25, -0.2) is 4.79 Å². The highest BCUT2D eigenvalue weighted by atomic mass is 16.2. The highest BCUT2D eigenvalue weighted by molar-refractivity contribution is 6.00. The van der Waals surface area contributed by atoms with Crippen LogP contribution in [0, 0.1) is 0 Å². The molecule has 3 rings (SSSR count). The smallest absolute Gasteiger partial charge is 0.310 e. The minimum atomic E-state index is -0.405. The summed E-state index contributed by atoms with van der Waals surface area (Å²) in [7, 11) is 3.72. The molecule has 22 heavy (non-hydrogen) atoms. The van der Waals surface area contributed by atoms with Crippen molar-refractivity contribution in [1.29, 1.82) is 0 Å². The number of imide groups is 1. The van der Waals surface area contributed by atoms with Crippen molar-refractivity contribution in [1.82, 2.24) is 25.8 Å². The molecule has 2 aliphatic rings. The highest BCUT2D eigenvalue weighted by Crippen LogP contribution is 2.14. The van der Waals surface area contributed by atoms with E-state index in [1.807, 2.05) is 25.2 Å². The maximum Gasteiger partial charge on any atom is 0.325 e. The molecule has 118 valence electrons. The third-order valence-electron chi connectivity index (χ3n) is 4.11. The Bertz CT molecular complexity index is 564. The van der Waals surface area contributed by atoms with E-state index in [0.29, 0.717) is 0 Å². The number of carbonyl (C=O) groups excluding carboxylic acids is 2. The van der Waals surface area contributed by atoms with Crippen LogP contribution in [0.2, 0.25) is 0 Å². The zero-order valence-corrected chi connectivity index (χ0v) is 12.7. The highest BCUT2D eigenvalue weighted by Gasteiger charge is 2.45. The first kappa shape index (κ1) is 15.0. The second kappa shape index (κ2) is 6.04. The molecule has 0 spiro atoms. The summed E-state index contributed by atoms with van der Waals surface area (Å²) in [5.74, 6) is -0.270. The van der Waals surface area contributed by atoms with Gasteiger partial charge in [0.05, 0.1) is 6.17 Å². The molecule has 0 aromatic heterocycles. The van der Waals surface area contributed by atoms with Crippen molar-refractivity contribution < 1.29 is 9.59 Å². The molecule has 3 N–H and O–H groups in total. The maximum atomic E-state index is 11.9. The minimum absolute atomic E-state index is 0.0391. The van der Waals surface area contributed by atoms with Crippen molar-refractivity contribution in [2.24, 2.45) is 0 Å². The molecule has 0 radical (unpaired) electrons. The van der Waals surface area contributed by atoms with E-state index in [9.17, 15) is 9.59 Å². The van der Waals surface area contributed by atoms with Gasteiger partial charge in [0.2, 0.25) is 5.91 Å². The van der Waals surface area contributed by atoms with Crippen molar-refractivity contribution in [3.05, 3.63) is 35.9 Å². The Labute approximate surface area is 129 Å². The summed E-state index contributed by atoms with van der Waals surface area (Å²) in [6.45, 7) is 1.56. The number of rotatable bonds is 4. The first-order chi connectivity index (χ1) is 10.5. The summed E-state index contributed by atoms with van der Waals surface area (Å²) < 4.78 is 0. The Kier molecular flexibility index (Phi) is 4.10. The van der Waals surface area contributed by atoms with Crippen molar-refractivity contribution in [3.8, 4) is 0 Å². The summed E-state index contributed by atoms with van der Waals surface area (Å²) in [6.07, 6.45) is -0.334. The molecule has 3 amide bonds. The Morgan fingerprint density at radius 3 is 2.64 bits per heavy atom. The average molecular weight is 303 g/mol. The molecule has 7 nitrogen and oxygen atoms in total. The Morgan fingerprint density at radius 1 is 1.18 bits per heavy atom. The number of urea groups is 1. The van der Waals surface area contributed by atoms with Gasteiger partial charge in [-0.15, -0.1) is 0 Å². The summed E-state index contributed by atoms with van der Waals surface area (Å²) >= 11 is 0. The molecule has 1 aromatic rings. The van der Waals surface area contributed by atoms with Gasteiger partial charge >= 0.3 is 6.03 Å². The van der Waals surface area contributed by atoms with Gasteiger partial charge in [-0.3, -0.25) is 25.6 Å². The summed E-state index contributed by atoms with van der Waals surface area (Å²) in [5.41, 5.74) is 1.24. The third-order valence-corrected chi connectivity index (χ3v) is 4.11. The van der Waals surface area contributed by atoms with Crippen LogP contribution in [0.15, 0.2) is 30.3 Å². The summed E-state index contributed by atoms with van der Waals surface area (Å²) in [6, 6.07) is 9.46. The maximum absolute atomic E-state index is 11.9. The first-order valence-corrected chi connectivity index (χ1v) is 7.37. The van der Waals surface area contributed by atoms with Gasteiger partial charge < -0.3 is 4.90 Å². The fraction of sp³-hybridized carbons (Fsp3) is 0.467. The quantitative estimate of drug-likeness (QED) is 0.700. The van der Waals surface area contributed by atoms with E-state index in [2.05, 4.69) is 33.0 Å². The lowest BCUT2D eigenvalue weighted by atomic mass is 10.2. The molecule has 1 aromatic carbocycles. The fourth-order valence-electron chi connectivity index (χ4n) is 2.99. The van der Waals surface area contributed by atoms with Crippen molar-refractivity contribution >= 4 is 11.9 Å². The van der Waals surface area contributed by atoms with E-state index >= 15 is 0 Å². The van der Waals surface area contributed by atoms with E-state index in [-0.39, 0.29) is 24.3 Å². The number of nitrogens with one attached hydrogen (secondary N) is 3. The third kappa shape index (κ3) is 2.96. The molecule has 0 aliphatic carbocycles. The van der Waals surface area contributed by atoms with Crippen LogP contribution in [-0.2, 0) is 11.3 Å². The van der Waals surface area contributed by atoms with Crippen LogP contribution >= 0.6 is 0 Å². The number of fused-ring (bicyclic) bond motifs is 1. The number of carbonyl (C=O) groups is 2. The van der Waals surface area contributed by atoms with Crippen LogP contribution in [0.25, 0.3) is 0 Å². The Morgan fingerprint density at radius 2 is 1.91 bits per heavy atom. The van der Waals surface area contributed by atoms with Crippen LogP contribution in [0.1, 0.15) is 5.56 Å². The van der Waals surface area contributed by atoms with Crippen LogP contribution < -0.4 is 16.0 Å². The molecule has 0 saturated carbocycles. The Hall–Kier alpha value is -1.96. The second-order valence-corrected chi connectivity index (χ2v) is 5.90. The molecular weight excluding hydrogens is 282 g/mol. The lowest BCUT2D eigenvalue weighted by molar-refractivity contribution is -0.124. The number of benzene rings is 1. The summed E-state index contributed by atoms with van der Waals surface area (Å²) in [4.78, 5) is 27.2. The fourth-order valence-corrected chi connectivity index (χ4v) is 2.99. The van der Waals surface area contributed by atoms with Gasteiger partial charge in [-0.05, 0) is 12.6 Å². The molecule has 2 fully saturated rings.